The molecule has 0 aliphatic heterocycles. The summed E-state index contributed by atoms with van der Waals surface area (Å²) >= 11 is 0. The summed E-state index contributed by atoms with van der Waals surface area (Å²) in [6.45, 7) is 3.31. The first kappa shape index (κ1) is 11.7. The van der Waals surface area contributed by atoms with Crippen molar-refractivity contribution in [1.29, 1.82) is 0 Å². The second-order valence-electron chi connectivity index (χ2n) is 4.59. The van der Waals surface area contributed by atoms with E-state index in [1.54, 1.807) is 6.26 Å². The molecule has 3 heteroatoms. The van der Waals surface area contributed by atoms with Crippen molar-refractivity contribution in [2.45, 2.75) is 38.3 Å². The Morgan fingerprint density at radius 2 is 2.31 bits per heavy atom. The van der Waals surface area contributed by atoms with Gasteiger partial charge in [0.05, 0.1) is 12.8 Å². The summed E-state index contributed by atoms with van der Waals surface area (Å²) in [5.74, 6) is 1.10. The third-order valence-corrected chi connectivity index (χ3v) is 3.12. The molecule has 0 amide bonds. The molecule has 1 aromatic heterocycles. The number of nitrogens with one attached hydrogen (secondary N) is 1. The van der Waals surface area contributed by atoms with E-state index >= 15 is 0 Å². The van der Waals surface area contributed by atoms with Gasteiger partial charge in [0, 0.05) is 6.04 Å². The molecule has 1 heterocycles. The smallest absolute Gasteiger partial charge is 0.117 e. The van der Waals surface area contributed by atoms with Crippen molar-refractivity contribution in [2.24, 2.45) is 0 Å². The topological polar surface area (TPSA) is 28.4 Å². The third-order valence-electron chi connectivity index (χ3n) is 3.12. The van der Waals surface area contributed by atoms with E-state index in [4.69, 9.17) is 4.42 Å². The van der Waals surface area contributed by atoms with Gasteiger partial charge in [-0.1, -0.05) is 0 Å². The summed E-state index contributed by atoms with van der Waals surface area (Å²) in [5, 5.41) is 3.19. The van der Waals surface area contributed by atoms with Gasteiger partial charge in [0.15, 0.2) is 0 Å². The van der Waals surface area contributed by atoms with E-state index < -0.39 is 0 Å². The first-order chi connectivity index (χ1) is 7.90. The molecule has 90 valence electrons. The molecule has 0 atom stereocenters. The highest BCUT2D eigenvalue weighted by atomic mass is 16.3. The Labute approximate surface area is 97.8 Å². The van der Waals surface area contributed by atoms with Gasteiger partial charge in [0.1, 0.15) is 5.76 Å². The Morgan fingerprint density at radius 3 is 2.94 bits per heavy atom. The molecule has 0 spiro atoms. The second kappa shape index (κ2) is 6.06. The zero-order valence-electron chi connectivity index (χ0n) is 10.1. The molecule has 1 aliphatic carbocycles. The molecule has 0 radical (unpaired) electrons. The normalized spacial score (nSPS) is 15.9. The second-order valence-corrected chi connectivity index (χ2v) is 4.59. The first-order valence-electron chi connectivity index (χ1n) is 6.31. The largest absolute Gasteiger partial charge is 0.468 e. The summed E-state index contributed by atoms with van der Waals surface area (Å²) in [6.07, 6.45) is 7.04. The maximum atomic E-state index is 5.42. The van der Waals surface area contributed by atoms with Crippen molar-refractivity contribution in [3.8, 4) is 0 Å². The highest BCUT2D eigenvalue weighted by molar-refractivity contribution is 4.99. The lowest BCUT2D eigenvalue weighted by atomic mass is 10.2. The van der Waals surface area contributed by atoms with Crippen molar-refractivity contribution < 1.29 is 4.42 Å². The van der Waals surface area contributed by atoms with Crippen LogP contribution in [-0.4, -0.2) is 31.1 Å². The Hall–Kier alpha value is -0.800. The van der Waals surface area contributed by atoms with Gasteiger partial charge >= 0.3 is 0 Å². The van der Waals surface area contributed by atoms with E-state index in [2.05, 4.69) is 16.3 Å². The number of hydrogen-bond donors (Lipinski definition) is 1. The maximum Gasteiger partial charge on any atom is 0.117 e. The lowest BCUT2D eigenvalue weighted by molar-refractivity contribution is 0.229. The van der Waals surface area contributed by atoms with Gasteiger partial charge in [-0.2, -0.15) is 0 Å². The van der Waals surface area contributed by atoms with Crippen LogP contribution in [0.25, 0.3) is 0 Å². The van der Waals surface area contributed by atoms with Gasteiger partial charge < -0.3 is 9.73 Å². The fourth-order valence-corrected chi connectivity index (χ4v) is 2.05. The Balaban J connectivity index is 1.72. The third kappa shape index (κ3) is 3.65. The van der Waals surface area contributed by atoms with Gasteiger partial charge in [-0.3, -0.25) is 4.90 Å². The van der Waals surface area contributed by atoms with Crippen LogP contribution in [0.15, 0.2) is 22.8 Å². The predicted octanol–water partition coefficient (Wildman–Crippen LogP) is 2.24. The van der Waals surface area contributed by atoms with E-state index in [1.807, 2.05) is 13.1 Å². The van der Waals surface area contributed by atoms with Crippen LogP contribution in [0.5, 0.6) is 0 Å². The molecule has 1 N–H and O–H groups in total. The molecular formula is C13H22N2O. The van der Waals surface area contributed by atoms with Gasteiger partial charge in [-0.05, 0) is 58.0 Å². The monoisotopic (exact) mass is 222 g/mol. The van der Waals surface area contributed by atoms with Gasteiger partial charge in [-0.15, -0.1) is 0 Å². The van der Waals surface area contributed by atoms with Crippen molar-refractivity contribution in [2.75, 3.05) is 20.1 Å². The van der Waals surface area contributed by atoms with Crippen LogP contribution in [0.2, 0.25) is 0 Å². The molecule has 0 unspecified atom stereocenters. The van der Waals surface area contributed by atoms with Crippen LogP contribution in [0, 0.1) is 0 Å². The molecule has 1 saturated carbocycles. The average Bonchev–Trinajstić information content (AvgIpc) is 3.02. The van der Waals surface area contributed by atoms with Crippen LogP contribution in [-0.2, 0) is 6.54 Å². The van der Waals surface area contributed by atoms with Crippen molar-refractivity contribution in [1.82, 2.24) is 10.2 Å². The zero-order chi connectivity index (χ0) is 11.2. The summed E-state index contributed by atoms with van der Waals surface area (Å²) in [5.41, 5.74) is 0. The minimum absolute atomic E-state index is 0.819. The van der Waals surface area contributed by atoms with Crippen molar-refractivity contribution in [3.05, 3.63) is 24.2 Å². The van der Waals surface area contributed by atoms with Crippen LogP contribution < -0.4 is 5.32 Å². The van der Waals surface area contributed by atoms with Gasteiger partial charge in [-0.25, -0.2) is 0 Å². The van der Waals surface area contributed by atoms with Crippen LogP contribution in [0.4, 0.5) is 0 Å². The summed E-state index contributed by atoms with van der Waals surface area (Å²) in [7, 11) is 2.02. The quantitative estimate of drug-likeness (QED) is 0.684. The van der Waals surface area contributed by atoms with Crippen LogP contribution >= 0.6 is 0 Å². The molecular weight excluding hydrogens is 200 g/mol. The van der Waals surface area contributed by atoms with E-state index in [9.17, 15) is 0 Å². The minimum atomic E-state index is 0.819. The highest BCUT2D eigenvalue weighted by Crippen LogP contribution is 2.28. The summed E-state index contributed by atoms with van der Waals surface area (Å²) in [4.78, 5) is 2.56. The van der Waals surface area contributed by atoms with Crippen LogP contribution in [0.1, 0.15) is 31.4 Å². The average molecular weight is 222 g/mol. The summed E-state index contributed by atoms with van der Waals surface area (Å²) in [6, 6.07) is 4.87. The number of hydrogen-bond acceptors (Lipinski definition) is 3. The fraction of sp³-hybridized carbons (Fsp3) is 0.692. The molecule has 1 aromatic rings. The van der Waals surface area contributed by atoms with Gasteiger partial charge in [0.25, 0.3) is 0 Å². The minimum Gasteiger partial charge on any atom is -0.468 e. The molecule has 0 bridgehead atoms. The Morgan fingerprint density at radius 1 is 1.44 bits per heavy atom. The molecule has 0 aromatic carbocycles. The van der Waals surface area contributed by atoms with Crippen molar-refractivity contribution >= 4 is 0 Å². The first-order valence-corrected chi connectivity index (χ1v) is 6.31. The SMILES string of the molecule is CNCCCCN(Cc1ccco1)C1CC1. The lowest BCUT2D eigenvalue weighted by Crippen LogP contribution is -2.27. The standard InChI is InChI=1S/C13H22N2O/c1-14-8-2-3-9-15(12-6-7-12)11-13-5-4-10-16-13/h4-5,10,12,14H,2-3,6-9,11H2,1H3. The highest BCUT2D eigenvalue weighted by Gasteiger charge is 2.28. The van der Waals surface area contributed by atoms with Gasteiger partial charge in [0.2, 0.25) is 0 Å². The van der Waals surface area contributed by atoms with E-state index in [-0.39, 0.29) is 0 Å². The number of rotatable bonds is 8. The van der Waals surface area contributed by atoms with Crippen molar-refractivity contribution in [3.63, 3.8) is 0 Å². The molecule has 1 fully saturated rings. The number of nitrogens with zero attached hydrogens (tertiary/aromatic N) is 1. The Bertz CT molecular complexity index is 280. The van der Waals surface area contributed by atoms with E-state index in [1.165, 1.54) is 32.2 Å². The summed E-state index contributed by atoms with van der Waals surface area (Å²) < 4.78 is 5.42. The molecule has 3 nitrogen and oxygen atoms in total. The predicted molar refractivity (Wildman–Crippen MR) is 65.3 cm³/mol. The number of unbranched alkanes of at least 4 members (excludes halogenated alkanes) is 1. The Kier molecular flexibility index (Phi) is 4.43. The molecule has 0 saturated heterocycles. The van der Waals surface area contributed by atoms with Crippen LogP contribution in [0.3, 0.4) is 0 Å². The molecule has 16 heavy (non-hydrogen) atoms. The maximum absolute atomic E-state index is 5.42. The molecule has 1 aliphatic rings. The number of furan rings is 1. The zero-order valence-corrected chi connectivity index (χ0v) is 10.1. The lowest BCUT2D eigenvalue weighted by Gasteiger charge is -2.20. The fourth-order valence-electron chi connectivity index (χ4n) is 2.05. The molecule has 2 rings (SSSR count). The van der Waals surface area contributed by atoms with E-state index in [0.29, 0.717) is 0 Å². The van der Waals surface area contributed by atoms with E-state index in [0.717, 1.165) is 24.9 Å².